The molecule has 0 unspecified atom stereocenters. The molecule has 4 rings (SSSR count). The maximum absolute atomic E-state index is 12.2. The highest BCUT2D eigenvalue weighted by atomic mass is 16.7. The van der Waals surface area contributed by atoms with Crippen molar-refractivity contribution in [2.45, 2.75) is 20.0 Å². The van der Waals surface area contributed by atoms with E-state index in [2.05, 4.69) is 20.6 Å². The van der Waals surface area contributed by atoms with Crippen LogP contribution in [0, 0.1) is 6.92 Å². The molecular formula is C21H20N4O3. The topological polar surface area (TPSA) is 85.4 Å². The fourth-order valence-electron chi connectivity index (χ4n) is 2.76. The summed E-state index contributed by atoms with van der Waals surface area (Å²) in [5.41, 5.74) is 3.53. The summed E-state index contributed by atoms with van der Waals surface area (Å²) in [6.45, 7) is 3.29. The molecule has 1 aromatic heterocycles. The van der Waals surface area contributed by atoms with Gasteiger partial charge < -0.3 is 20.1 Å². The number of aryl methyl sites for hydroxylation is 1. The number of aromatic nitrogens is 2. The van der Waals surface area contributed by atoms with E-state index >= 15 is 0 Å². The van der Waals surface area contributed by atoms with Gasteiger partial charge in [0, 0.05) is 13.1 Å². The lowest BCUT2D eigenvalue weighted by atomic mass is 10.1. The second-order valence-corrected chi connectivity index (χ2v) is 6.50. The van der Waals surface area contributed by atoms with Crippen LogP contribution in [0.15, 0.2) is 54.9 Å². The fourth-order valence-corrected chi connectivity index (χ4v) is 2.76. The van der Waals surface area contributed by atoms with Crippen molar-refractivity contribution in [3.8, 4) is 11.5 Å². The predicted octanol–water partition coefficient (Wildman–Crippen LogP) is 3.06. The number of nitrogens with zero attached hydrogens (tertiary/aromatic N) is 2. The van der Waals surface area contributed by atoms with Gasteiger partial charge >= 0.3 is 0 Å². The number of hydrogen-bond donors (Lipinski definition) is 2. The largest absolute Gasteiger partial charge is 0.454 e. The van der Waals surface area contributed by atoms with E-state index in [1.807, 2.05) is 49.4 Å². The molecule has 0 saturated heterocycles. The molecule has 1 aliphatic rings. The summed E-state index contributed by atoms with van der Waals surface area (Å²) in [5, 5.41) is 6.03. The van der Waals surface area contributed by atoms with Crippen molar-refractivity contribution < 1.29 is 14.3 Å². The molecule has 1 amide bonds. The third-order valence-corrected chi connectivity index (χ3v) is 4.37. The maximum Gasteiger partial charge on any atom is 0.271 e. The number of ether oxygens (including phenoxy) is 2. The van der Waals surface area contributed by atoms with Gasteiger partial charge in [-0.05, 0) is 30.2 Å². The zero-order valence-electron chi connectivity index (χ0n) is 15.4. The van der Waals surface area contributed by atoms with Crippen LogP contribution in [0.1, 0.15) is 27.2 Å². The Morgan fingerprint density at radius 2 is 1.75 bits per heavy atom. The molecule has 7 heteroatoms. The van der Waals surface area contributed by atoms with Crippen LogP contribution in [0.3, 0.4) is 0 Å². The van der Waals surface area contributed by atoms with Crippen LogP contribution >= 0.6 is 0 Å². The number of carbonyl (C=O) groups is 1. The molecular weight excluding hydrogens is 356 g/mol. The molecule has 2 N–H and O–H groups in total. The van der Waals surface area contributed by atoms with Crippen LogP contribution in [-0.4, -0.2) is 22.7 Å². The van der Waals surface area contributed by atoms with Gasteiger partial charge in [0.1, 0.15) is 11.5 Å². The molecule has 0 atom stereocenters. The Bertz CT molecular complexity index is 972. The first kappa shape index (κ1) is 17.8. The standard InChI is InChI=1S/C21H20N4O3/c1-14-2-4-15(5-3-14)9-25-21(26)17-11-24-20(12-22-17)23-10-16-6-7-18-19(8-16)28-13-27-18/h2-8,11-12H,9-10,13H2,1H3,(H,23,24)(H,25,26). The minimum Gasteiger partial charge on any atom is -0.454 e. The zero-order valence-corrected chi connectivity index (χ0v) is 15.4. The first-order chi connectivity index (χ1) is 13.7. The first-order valence-electron chi connectivity index (χ1n) is 8.95. The Balaban J connectivity index is 1.30. The number of fused-ring (bicyclic) bond motifs is 1. The lowest BCUT2D eigenvalue weighted by Gasteiger charge is -2.08. The van der Waals surface area contributed by atoms with Gasteiger partial charge in [-0.15, -0.1) is 0 Å². The molecule has 1 aliphatic heterocycles. The average Bonchev–Trinajstić information content (AvgIpc) is 3.20. The number of amides is 1. The highest BCUT2D eigenvalue weighted by Gasteiger charge is 2.13. The lowest BCUT2D eigenvalue weighted by Crippen LogP contribution is -2.24. The Morgan fingerprint density at radius 1 is 0.964 bits per heavy atom. The van der Waals surface area contributed by atoms with Crippen molar-refractivity contribution >= 4 is 11.7 Å². The summed E-state index contributed by atoms with van der Waals surface area (Å²) in [7, 11) is 0. The van der Waals surface area contributed by atoms with Gasteiger partial charge in [0.2, 0.25) is 6.79 Å². The van der Waals surface area contributed by atoms with Gasteiger partial charge in [-0.25, -0.2) is 9.97 Å². The van der Waals surface area contributed by atoms with E-state index in [1.165, 1.54) is 11.8 Å². The zero-order chi connectivity index (χ0) is 19.3. The molecule has 0 bridgehead atoms. The van der Waals surface area contributed by atoms with Gasteiger partial charge in [-0.2, -0.15) is 0 Å². The number of carbonyl (C=O) groups excluding carboxylic acids is 1. The molecule has 0 spiro atoms. The maximum atomic E-state index is 12.2. The van der Waals surface area contributed by atoms with Crippen LogP contribution < -0.4 is 20.1 Å². The first-order valence-corrected chi connectivity index (χ1v) is 8.95. The lowest BCUT2D eigenvalue weighted by molar-refractivity contribution is 0.0945. The van der Waals surface area contributed by atoms with Crippen LogP contribution in [0.5, 0.6) is 11.5 Å². The number of hydrogen-bond acceptors (Lipinski definition) is 6. The second kappa shape index (κ2) is 7.96. The molecule has 0 aliphatic carbocycles. The van der Waals surface area contributed by atoms with E-state index in [0.717, 1.165) is 22.6 Å². The van der Waals surface area contributed by atoms with Gasteiger partial charge in [0.25, 0.3) is 5.91 Å². The highest BCUT2D eigenvalue weighted by Crippen LogP contribution is 2.32. The Hall–Kier alpha value is -3.61. The third-order valence-electron chi connectivity index (χ3n) is 4.37. The number of anilines is 1. The molecule has 3 aromatic rings. The van der Waals surface area contributed by atoms with E-state index in [1.54, 1.807) is 6.20 Å². The summed E-state index contributed by atoms with van der Waals surface area (Å²) in [5.74, 6) is 1.83. The SMILES string of the molecule is Cc1ccc(CNC(=O)c2cnc(NCc3ccc4c(c3)OCO4)cn2)cc1. The molecule has 2 aromatic carbocycles. The quantitative estimate of drug-likeness (QED) is 0.688. The van der Waals surface area contributed by atoms with Crippen molar-refractivity contribution in [2.75, 3.05) is 12.1 Å². The molecule has 28 heavy (non-hydrogen) atoms. The average molecular weight is 376 g/mol. The van der Waals surface area contributed by atoms with E-state index in [4.69, 9.17) is 9.47 Å². The van der Waals surface area contributed by atoms with Crippen LogP contribution in [0.4, 0.5) is 5.82 Å². The minimum absolute atomic E-state index is 0.254. The van der Waals surface area contributed by atoms with Crippen LogP contribution in [0.25, 0.3) is 0 Å². The number of nitrogens with one attached hydrogen (secondary N) is 2. The predicted molar refractivity (Wildman–Crippen MR) is 104 cm³/mol. The van der Waals surface area contributed by atoms with Crippen molar-refractivity contribution in [3.05, 3.63) is 77.2 Å². The van der Waals surface area contributed by atoms with Crippen molar-refractivity contribution in [1.82, 2.24) is 15.3 Å². The molecule has 142 valence electrons. The molecule has 7 nitrogen and oxygen atoms in total. The Kier molecular flexibility index (Phi) is 5.05. The summed E-state index contributed by atoms with van der Waals surface area (Å²) >= 11 is 0. The minimum atomic E-state index is -0.254. The van der Waals surface area contributed by atoms with Crippen molar-refractivity contribution in [3.63, 3.8) is 0 Å². The van der Waals surface area contributed by atoms with Gasteiger partial charge in [-0.1, -0.05) is 35.9 Å². The summed E-state index contributed by atoms with van der Waals surface area (Å²) in [6, 6.07) is 13.8. The molecule has 2 heterocycles. The smallest absolute Gasteiger partial charge is 0.271 e. The van der Waals surface area contributed by atoms with Crippen molar-refractivity contribution in [1.29, 1.82) is 0 Å². The Morgan fingerprint density at radius 3 is 2.54 bits per heavy atom. The van der Waals surface area contributed by atoms with E-state index in [9.17, 15) is 4.79 Å². The van der Waals surface area contributed by atoms with E-state index in [-0.39, 0.29) is 18.4 Å². The fraction of sp³-hybridized carbons (Fsp3) is 0.190. The third kappa shape index (κ3) is 4.20. The van der Waals surface area contributed by atoms with E-state index in [0.29, 0.717) is 18.9 Å². The monoisotopic (exact) mass is 376 g/mol. The molecule has 0 saturated carbocycles. The summed E-state index contributed by atoms with van der Waals surface area (Å²) < 4.78 is 10.7. The van der Waals surface area contributed by atoms with Crippen LogP contribution in [0.2, 0.25) is 0 Å². The second-order valence-electron chi connectivity index (χ2n) is 6.50. The Labute approximate surface area is 162 Å². The summed E-state index contributed by atoms with van der Waals surface area (Å²) in [6.07, 6.45) is 3.01. The van der Waals surface area contributed by atoms with Gasteiger partial charge in [0.05, 0.1) is 12.4 Å². The van der Waals surface area contributed by atoms with Gasteiger partial charge in [0.15, 0.2) is 11.5 Å². The van der Waals surface area contributed by atoms with Crippen LogP contribution in [-0.2, 0) is 13.1 Å². The molecule has 0 fully saturated rings. The normalized spacial score (nSPS) is 11.9. The van der Waals surface area contributed by atoms with Gasteiger partial charge in [-0.3, -0.25) is 4.79 Å². The summed E-state index contributed by atoms with van der Waals surface area (Å²) in [4.78, 5) is 20.7. The molecule has 0 radical (unpaired) electrons. The number of benzene rings is 2. The van der Waals surface area contributed by atoms with E-state index < -0.39 is 0 Å². The highest BCUT2D eigenvalue weighted by molar-refractivity contribution is 5.91. The van der Waals surface area contributed by atoms with Crippen molar-refractivity contribution in [2.24, 2.45) is 0 Å². The number of rotatable bonds is 6.